The van der Waals surface area contributed by atoms with Gasteiger partial charge < -0.3 is 9.88 Å². The Kier molecular flexibility index (Phi) is 4.07. The molecular weight excluding hydrogens is 220 g/mol. The number of aromatic nitrogens is 3. The van der Waals surface area contributed by atoms with Crippen molar-refractivity contribution in [3.63, 3.8) is 0 Å². The smallest absolute Gasteiger partial charge is 0.0945 e. The Morgan fingerprint density at radius 1 is 1.50 bits per heavy atom. The predicted octanol–water partition coefficient (Wildman–Crippen LogP) is 1.83. The van der Waals surface area contributed by atoms with Crippen molar-refractivity contribution in [1.29, 1.82) is 0 Å². The third-order valence-corrected chi connectivity index (χ3v) is 3.12. The summed E-state index contributed by atoms with van der Waals surface area (Å²) in [6, 6.07) is 0. The van der Waals surface area contributed by atoms with Crippen LogP contribution in [0.1, 0.15) is 17.1 Å². The van der Waals surface area contributed by atoms with Gasteiger partial charge in [-0.05, 0) is 19.9 Å². The van der Waals surface area contributed by atoms with E-state index in [1.165, 1.54) is 0 Å². The van der Waals surface area contributed by atoms with Crippen molar-refractivity contribution < 1.29 is 0 Å². The lowest BCUT2D eigenvalue weighted by atomic mass is 10.4. The van der Waals surface area contributed by atoms with Crippen LogP contribution in [0.3, 0.4) is 0 Å². The molecule has 0 aliphatic heterocycles. The molecule has 1 N–H and O–H groups in total. The van der Waals surface area contributed by atoms with E-state index in [1.807, 2.05) is 25.6 Å². The Morgan fingerprint density at radius 3 is 3.12 bits per heavy atom. The van der Waals surface area contributed by atoms with Crippen LogP contribution in [-0.4, -0.2) is 21.1 Å². The van der Waals surface area contributed by atoms with Crippen LogP contribution >= 0.6 is 11.3 Å². The largest absolute Gasteiger partial charge is 0.337 e. The van der Waals surface area contributed by atoms with Crippen LogP contribution in [0.15, 0.2) is 24.1 Å². The van der Waals surface area contributed by atoms with E-state index in [9.17, 15) is 0 Å². The van der Waals surface area contributed by atoms with Crippen LogP contribution < -0.4 is 5.32 Å². The summed E-state index contributed by atoms with van der Waals surface area (Å²) in [4.78, 5) is 8.40. The van der Waals surface area contributed by atoms with E-state index in [1.54, 1.807) is 11.3 Å². The molecule has 0 fully saturated rings. The third kappa shape index (κ3) is 3.43. The van der Waals surface area contributed by atoms with Crippen LogP contribution in [0.25, 0.3) is 0 Å². The van der Waals surface area contributed by atoms with Gasteiger partial charge in [-0.25, -0.2) is 9.97 Å². The number of imidazole rings is 1. The van der Waals surface area contributed by atoms with Gasteiger partial charge in [-0.2, -0.15) is 0 Å². The summed E-state index contributed by atoms with van der Waals surface area (Å²) in [5.74, 6) is 0. The molecule has 0 aliphatic rings. The Hall–Kier alpha value is -1.20. The predicted molar refractivity (Wildman–Crippen MR) is 65.4 cm³/mol. The number of thiazole rings is 1. The summed E-state index contributed by atoms with van der Waals surface area (Å²) < 4.78 is 2.09. The molecule has 16 heavy (non-hydrogen) atoms. The SMILES string of the molecule is Cc1nc(CNCCCn2ccnc2)cs1. The fraction of sp³-hybridized carbons (Fsp3) is 0.455. The minimum absolute atomic E-state index is 0.869. The number of rotatable bonds is 6. The van der Waals surface area contributed by atoms with E-state index in [-0.39, 0.29) is 0 Å². The van der Waals surface area contributed by atoms with Gasteiger partial charge >= 0.3 is 0 Å². The minimum Gasteiger partial charge on any atom is -0.337 e. The number of hydrogen-bond donors (Lipinski definition) is 1. The molecule has 0 radical (unpaired) electrons. The molecule has 0 unspecified atom stereocenters. The minimum atomic E-state index is 0.869. The van der Waals surface area contributed by atoms with Crippen LogP contribution in [0.4, 0.5) is 0 Å². The first-order chi connectivity index (χ1) is 7.84. The Labute approximate surface area is 99.4 Å². The van der Waals surface area contributed by atoms with Gasteiger partial charge in [0, 0.05) is 30.9 Å². The molecule has 2 rings (SSSR count). The van der Waals surface area contributed by atoms with E-state index in [0.29, 0.717) is 0 Å². The van der Waals surface area contributed by atoms with Gasteiger partial charge in [0.2, 0.25) is 0 Å². The third-order valence-electron chi connectivity index (χ3n) is 2.30. The highest BCUT2D eigenvalue weighted by atomic mass is 32.1. The van der Waals surface area contributed by atoms with E-state index in [2.05, 4.69) is 25.2 Å². The Balaban J connectivity index is 1.59. The first-order valence-electron chi connectivity index (χ1n) is 5.42. The zero-order valence-electron chi connectivity index (χ0n) is 9.39. The van der Waals surface area contributed by atoms with Crippen LogP contribution in [0.5, 0.6) is 0 Å². The number of nitrogens with one attached hydrogen (secondary N) is 1. The van der Waals surface area contributed by atoms with E-state index >= 15 is 0 Å². The topological polar surface area (TPSA) is 42.7 Å². The fourth-order valence-corrected chi connectivity index (χ4v) is 2.12. The van der Waals surface area contributed by atoms with Gasteiger partial charge in [-0.3, -0.25) is 0 Å². The molecule has 0 aromatic carbocycles. The quantitative estimate of drug-likeness (QED) is 0.778. The standard InChI is InChI=1S/C11H16N4S/c1-10-14-11(8-16-10)7-12-3-2-5-15-6-4-13-9-15/h4,6,8-9,12H,2-3,5,7H2,1H3. The monoisotopic (exact) mass is 236 g/mol. The van der Waals surface area contributed by atoms with Crippen LogP contribution in [0, 0.1) is 6.92 Å². The molecule has 0 amide bonds. The maximum atomic E-state index is 4.40. The van der Waals surface area contributed by atoms with Crippen molar-refractivity contribution in [3.8, 4) is 0 Å². The van der Waals surface area contributed by atoms with Crippen molar-refractivity contribution in [2.45, 2.75) is 26.4 Å². The molecule has 0 aliphatic carbocycles. The van der Waals surface area contributed by atoms with Gasteiger partial charge in [0.1, 0.15) is 0 Å². The molecule has 0 atom stereocenters. The maximum Gasteiger partial charge on any atom is 0.0945 e. The van der Waals surface area contributed by atoms with Gasteiger partial charge in [-0.1, -0.05) is 0 Å². The average molecular weight is 236 g/mol. The summed E-state index contributed by atoms with van der Waals surface area (Å²) in [6.45, 7) is 4.93. The Bertz CT molecular complexity index is 407. The first-order valence-corrected chi connectivity index (χ1v) is 6.30. The molecule has 2 aromatic rings. The molecule has 86 valence electrons. The summed E-state index contributed by atoms with van der Waals surface area (Å²) in [5, 5.41) is 6.63. The second kappa shape index (κ2) is 5.77. The number of hydrogen-bond acceptors (Lipinski definition) is 4. The van der Waals surface area contributed by atoms with Crippen molar-refractivity contribution in [3.05, 3.63) is 34.8 Å². The maximum absolute atomic E-state index is 4.40. The molecule has 0 spiro atoms. The van der Waals surface area contributed by atoms with Gasteiger partial charge in [-0.15, -0.1) is 11.3 Å². The number of aryl methyl sites for hydroxylation is 2. The normalized spacial score (nSPS) is 10.8. The first kappa shape index (κ1) is 11.3. The summed E-state index contributed by atoms with van der Waals surface area (Å²) >= 11 is 1.70. The highest BCUT2D eigenvalue weighted by Gasteiger charge is 1.97. The fourth-order valence-electron chi connectivity index (χ4n) is 1.51. The van der Waals surface area contributed by atoms with Crippen molar-refractivity contribution in [1.82, 2.24) is 19.9 Å². The second-order valence-electron chi connectivity index (χ2n) is 3.69. The summed E-state index contributed by atoms with van der Waals surface area (Å²) in [6.07, 6.45) is 6.76. The van der Waals surface area contributed by atoms with Gasteiger partial charge in [0.05, 0.1) is 17.0 Å². The van der Waals surface area contributed by atoms with E-state index in [4.69, 9.17) is 0 Å². The molecule has 5 heteroatoms. The van der Waals surface area contributed by atoms with Crippen molar-refractivity contribution in [2.24, 2.45) is 0 Å². The summed E-state index contributed by atoms with van der Waals surface area (Å²) in [5.41, 5.74) is 1.14. The van der Waals surface area contributed by atoms with Crippen molar-refractivity contribution >= 4 is 11.3 Å². The highest BCUT2D eigenvalue weighted by Crippen LogP contribution is 2.07. The highest BCUT2D eigenvalue weighted by molar-refractivity contribution is 7.09. The van der Waals surface area contributed by atoms with Crippen molar-refractivity contribution in [2.75, 3.05) is 6.54 Å². The Morgan fingerprint density at radius 2 is 2.44 bits per heavy atom. The molecule has 0 bridgehead atoms. The molecule has 2 aromatic heterocycles. The average Bonchev–Trinajstić information content (AvgIpc) is 2.89. The lowest BCUT2D eigenvalue weighted by molar-refractivity contribution is 0.577. The molecule has 4 nitrogen and oxygen atoms in total. The van der Waals surface area contributed by atoms with E-state index < -0.39 is 0 Å². The molecular formula is C11H16N4S. The molecule has 2 heterocycles. The zero-order chi connectivity index (χ0) is 11.2. The molecule has 0 saturated carbocycles. The zero-order valence-corrected chi connectivity index (χ0v) is 10.2. The lowest BCUT2D eigenvalue weighted by Gasteiger charge is -2.03. The number of nitrogens with zero attached hydrogens (tertiary/aromatic N) is 3. The second-order valence-corrected chi connectivity index (χ2v) is 4.75. The van der Waals surface area contributed by atoms with E-state index in [0.717, 1.165) is 36.8 Å². The summed E-state index contributed by atoms with van der Waals surface area (Å²) in [7, 11) is 0. The van der Waals surface area contributed by atoms with Crippen LogP contribution in [-0.2, 0) is 13.1 Å². The van der Waals surface area contributed by atoms with Gasteiger partial charge in [0.25, 0.3) is 0 Å². The lowest BCUT2D eigenvalue weighted by Crippen LogP contribution is -2.16. The molecule has 0 saturated heterocycles. The van der Waals surface area contributed by atoms with Gasteiger partial charge in [0.15, 0.2) is 0 Å². The van der Waals surface area contributed by atoms with Crippen LogP contribution in [0.2, 0.25) is 0 Å².